The minimum atomic E-state index is -0.545. The zero-order valence-corrected chi connectivity index (χ0v) is 33.2. The molecule has 0 fully saturated rings. The number of rotatable bonds is 26. The van der Waals surface area contributed by atoms with Crippen LogP contribution in [-0.2, 0) is 25.6 Å². The first-order valence-corrected chi connectivity index (χ1v) is 19.5. The molecule has 1 aromatic heterocycles. The number of carbonyl (C=O) groups excluding carboxylic acids is 4. The molecule has 0 aliphatic rings. The van der Waals surface area contributed by atoms with Gasteiger partial charge in [-0.05, 0) is 98.5 Å². The van der Waals surface area contributed by atoms with Gasteiger partial charge in [-0.1, -0.05) is 38.8 Å². The molecule has 58 heavy (non-hydrogen) atoms. The molecule has 306 valence electrons. The third kappa shape index (κ3) is 16.4. The number of nitrogens with zero attached hydrogens (tertiary/aromatic N) is 2. The van der Waals surface area contributed by atoms with Crippen molar-refractivity contribution in [2.24, 2.45) is 0 Å². The fourth-order valence-corrected chi connectivity index (χ4v) is 5.55. The van der Waals surface area contributed by atoms with Crippen LogP contribution in [-0.4, -0.2) is 63.9 Å². The number of esters is 4. The number of benzene rings is 3. The number of ether oxygens (including phenoxy) is 6. The minimum absolute atomic E-state index is 0.294. The van der Waals surface area contributed by atoms with Crippen molar-refractivity contribution in [1.82, 2.24) is 0 Å². The largest absolute Gasteiger partial charge is 0.494 e. The molecule has 0 atom stereocenters. The smallest absolute Gasteiger partial charge is 0.343 e. The van der Waals surface area contributed by atoms with Gasteiger partial charge in [0.25, 0.3) is 0 Å². The molecule has 12 heteroatoms. The highest BCUT2D eigenvalue weighted by atomic mass is 16.5. The molecular formula is C46H53N2O10+. The van der Waals surface area contributed by atoms with Crippen LogP contribution in [0.15, 0.2) is 123 Å². The van der Waals surface area contributed by atoms with Crippen LogP contribution in [0.1, 0.15) is 72.1 Å². The third-order valence-corrected chi connectivity index (χ3v) is 8.87. The van der Waals surface area contributed by atoms with Crippen LogP contribution in [0, 0.1) is 0 Å². The molecule has 0 radical (unpaired) electrons. The van der Waals surface area contributed by atoms with Gasteiger partial charge in [0, 0.05) is 43.6 Å². The van der Waals surface area contributed by atoms with Crippen LogP contribution < -0.4 is 28.4 Å². The molecule has 0 bridgehead atoms. The fourth-order valence-electron chi connectivity index (χ4n) is 5.55. The summed E-state index contributed by atoms with van der Waals surface area (Å²) in [7, 11) is 2.10. The number of pyridine rings is 1. The SMILES string of the molecule is C=CC(=O)OCCCCCCCCN(C)c1cc[n+](CCOc2ccc(C(=O)Oc3ccc(OC(=O)c4ccc(OCCCCOC(=O)C=C)cc4)cc3)cc2)cc1. The van der Waals surface area contributed by atoms with E-state index in [9.17, 15) is 19.2 Å². The van der Waals surface area contributed by atoms with Gasteiger partial charge in [-0.2, -0.15) is 0 Å². The van der Waals surface area contributed by atoms with Crippen LogP contribution >= 0.6 is 0 Å². The van der Waals surface area contributed by atoms with Crippen molar-refractivity contribution >= 4 is 29.6 Å². The summed E-state index contributed by atoms with van der Waals surface area (Å²) in [4.78, 5) is 49.8. The third-order valence-electron chi connectivity index (χ3n) is 8.87. The number of carbonyl (C=O) groups is 4. The molecule has 3 aromatic carbocycles. The molecule has 4 aromatic rings. The first-order chi connectivity index (χ1) is 28.2. The van der Waals surface area contributed by atoms with Crippen LogP contribution in [0.25, 0.3) is 0 Å². The van der Waals surface area contributed by atoms with Crippen molar-refractivity contribution in [2.75, 3.05) is 44.9 Å². The molecule has 0 saturated heterocycles. The number of anilines is 1. The topological polar surface area (TPSA) is 131 Å². The maximum atomic E-state index is 12.8. The molecule has 12 nitrogen and oxygen atoms in total. The second-order valence-corrected chi connectivity index (χ2v) is 13.3. The average molecular weight is 794 g/mol. The molecule has 0 N–H and O–H groups in total. The molecule has 0 aliphatic carbocycles. The van der Waals surface area contributed by atoms with E-state index >= 15 is 0 Å². The van der Waals surface area contributed by atoms with Gasteiger partial charge in [0.1, 0.15) is 29.6 Å². The molecule has 0 saturated carbocycles. The molecular weight excluding hydrogens is 741 g/mol. The molecule has 4 rings (SSSR count). The van der Waals surface area contributed by atoms with Crippen LogP contribution in [0.2, 0.25) is 0 Å². The van der Waals surface area contributed by atoms with Gasteiger partial charge < -0.3 is 33.3 Å². The van der Waals surface area contributed by atoms with Gasteiger partial charge in [-0.25, -0.2) is 23.7 Å². The summed E-state index contributed by atoms with van der Waals surface area (Å²) in [6.45, 7) is 10.0. The highest BCUT2D eigenvalue weighted by Gasteiger charge is 2.13. The first kappa shape index (κ1) is 44.3. The summed E-state index contributed by atoms with van der Waals surface area (Å²) in [5.41, 5.74) is 1.86. The Hall–Kier alpha value is -6.43. The molecule has 0 unspecified atom stereocenters. The van der Waals surface area contributed by atoms with Crippen LogP contribution in [0.3, 0.4) is 0 Å². The Morgan fingerprint density at radius 1 is 0.534 bits per heavy atom. The van der Waals surface area contributed by atoms with E-state index < -0.39 is 17.9 Å². The van der Waals surface area contributed by atoms with E-state index in [1.54, 1.807) is 72.8 Å². The monoisotopic (exact) mass is 793 g/mol. The number of hydrogen-bond acceptors (Lipinski definition) is 11. The lowest BCUT2D eigenvalue weighted by Crippen LogP contribution is -2.36. The average Bonchev–Trinajstić information content (AvgIpc) is 3.25. The second-order valence-electron chi connectivity index (χ2n) is 13.3. The Labute approximate surface area is 340 Å². The van der Waals surface area contributed by atoms with Crippen LogP contribution in [0.5, 0.6) is 23.0 Å². The summed E-state index contributed by atoms with van der Waals surface area (Å²) >= 11 is 0. The van der Waals surface area contributed by atoms with E-state index in [1.807, 2.05) is 12.4 Å². The van der Waals surface area contributed by atoms with E-state index in [1.165, 1.54) is 12.5 Å². The standard InChI is InChI=1S/C46H53N2O10/c1-4-43(49)55-33-11-9-7-6-8-10-28-47(3)38-26-29-48(30-27-38)31-35-54-40-20-16-37(17-21-40)46(52)58-42-24-22-41(23-25-42)57-45(51)36-14-18-39(19-15-36)53-32-12-13-34-56-44(50)5-2/h4-5,14-27,29-30H,1-2,6-13,28,31-35H2,3H3/q+1. The zero-order chi connectivity index (χ0) is 41.4. The second kappa shape index (κ2) is 25.0. The maximum absolute atomic E-state index is 12.8. The number of aromatic nitrogens is 1. The number of hydrogen-bond donors (Lipinski definition) is 0. The maximum Gasteiger partial charge on any atom is 0.343 e. The fraction of sp³-hybridized carbons (Fsp3) is 0.326. The van der Waals surface area contributed by atoms with Crippen molar-refractivity contribution < 1.29 is 52.2 Å². The Balaban J connectivity index is 1.09. The van der Waals surface area contributed by atoms with Gasteiger partial charge in [0.15, 0.2) is 18.9 Å². The van der Waals surface area contributed by atoms with Crippen molar-refractivity contribution in [1.29, 1.82) is 0 Å². The summed E-state index contributed by atoms with van der Waals surface area (Å²) in [6.07, 6.45) is 14.3. The molecule has 0 amide bonds. The first-order valence-electron chi connectivity index (χ1n) is 19.5. The zero-order valence-electron chi connectivity index (χ0n) is 33.2. The normalized spacial score (nSPS) is 10.5. The van der Waals surface area contributed by atoms with Gasteiger partial charge in [0.05, 0.1) is 30.9 Å². The molecule has 0 aliphatic heterocycles. The lowest BCUT2D eigenvalue weighted by Gasteiger charge is -2.18. The Morgan fingerprint density at radius 2 is 0.948 bits per heavy atom. The predicted molar refractivity (Wildman–Crippen MR) is 219 cm³/mol. The summed E-state index contributed by atoms with van der Waals surface area (Å²) in [5, 5.41) is 0. The van der Waals surface area contributed by atoms with Gasteiger partial charge in [-0.3, -0.25) is 0 Å². The van der Waals surface area contributed by atoms with Crippen molar-refractivity contribution in [3.63, 3.8) is 0 Å². The Kier molecular flexibility index (Phi) is 19.1. The summed E-state index contributed by atoms with van der Waals surface area (Å²) in [5.74, 6) is -0.0494. The van der Waals surface area contributed by atoms with E-state index in [-0.39, 0.29) is 5.97 Å². The van der Waals surface area contributed by atoms with Crippen molar-refractivity contribution in [3.05, 3.63) is 134 Å². The molecule has 0 spiro atoms. The lowest BCUT2D eigenvalue weighted by atomic mass is 10.1. The van der Waals surface area contributed by atoms with E-state index in [0.29, 0.717) is 79.9 Å². The highest BCUT2D eigenvalue weighted by molar-refractivity contribution is 5.92. The minimum Gasteiger partial charge on any atom is -0.494 e. The predicted octanol–water partition coefficient (Wildman–Crippen LogP) is 7.89. The van der Waals surface area contributed by atoms with E-state index in [4.69, 9.17) is 28.4 Å². The number of unbranched alkanes of at least 4 members (excludes halogenated alkanes) is 6. The van der Waals surface area contributed by atoms with Crippen molar-refractivity contribution in [3.8, 4) is 23.0 Å². The van der Waals surface area contributed by atoms with Crippen molar-refractivity contribution in [2.45, 2.75) is 57.9 Å². The summed E-state index contributed by atoms with van der Waals surface area (Å²) < 4.78 is 34.6. The van der Waals surface area contributed by atoms with Crippen LogP contribution in [0.4, 0.5) is 5.69 Å². The Morgan fingerprint density at radius 3 is 1.45 bits per heavy atom. The lowest BCUT2D eigenvalue weighted by molar-refractivity contribution is -0.697. The Bertz CT molecular complexity index is 1890. The van der Waals surface area contributed by atoms with Gasteiger partial charge >= 0.3 is 23.9 Å². The van der Waals surface area contributed by atoms with Gasteiger partial charge in [-0.15, -0.1) is 0 Å². The quantitative estimate of drug-likeness (QED) is 0.0202. The van der Waals surface area contributed by atoms with E-state index in [2.05, 4.69) is 41.8 Å². The highest BCUT2D eigenvalue weighted by Crippen LogP contribution is 2.22. The summed E-state index contributed by atoms with van der Waals surface area (Å²) in [6, 6.07) is 23.7. The van der Waals surface area contributed by atoms with Gasteiger partial charge in [0.2, 0.25) is 0 Å². The van der Waals surface area contributed by atoms with E-state index in [0.717, 1.165) is 50.4 Å². The molecule has 1 heterocycles.